The Kier molecular flexibility index (Phi) is 2.88. The Morgan fingerprint density at radius 1 is 1.58 bits per heavy atom. The minimum absolute atomic E-state index is 0.346. The molecule has 0 unspecified atom stereocenters. The molecule has 4 nitrogen and oxygen atoms in total. The summed E-state index contributed by atoms with van der Waals surface area (Å²) in [6.45, 7) is 0. The van der Waals surface area contributed by atoms with Crippen molar-refractivity contribution in [3.8, 4) is 0 Å². The highest BCUT2D eigenvalue weighted by Gasteiger charge is 1.99. The van der Waals surface area contributed by atoms with Crippen molar-refractivity contribution in [1.82, 2.24) is 4.98 Å². The van der Waals surface area contributed by atoms with Crippen molar-refractivity contribution in [3.05, 3.63) is 29.0 Å². The minimum atomic E-state index is 0.346. The molecule has 1 rings (SSSR count). The topological polar surface area (TPSA) is 61.5 Å². The maximum Gasteiger partial charge on any atom is 0.177 e. The first-order valence-electron chi connectivity index (χ1n) is 3.24. The number of aliphatic imine (C=N–C) groups is 1. The summed E-state index contributed by atoms with van der Waals surface area (Å²) in [4.78, 5) is 7.62. The van der Waals surface area contributed by atoms with Crippen LogP contribution in [0.1, 0.15) is 5.56 Å². The van der Waals surface area contributed by atoms with E-state index in [2.05, 4.69) is 15.1 Å². The van der Waals surface area contributed by atoms with Crippen molar-refractivity contribution in [2.75, 3.05) is 7.05 Å². The Morgan fingerprint density at radius 2 is 2.33 bits per heavy atom. The van der Waals surface area contributed by atoms with Gasteiger partial charge in [0.05, 0.1) is 0 Å². The summed E-state index contributed by atoms with van der Waals surface area (Å²) in [5, 5.41) is 3.64. The molecule has 1 aromatic rings. The number of amidine groups is 1. The highest BCUT2D eigenvalue weighted by Crippen LogP contribution is 2.06. The van der Waals surface area contributed by atoms with Gasteiger partial charge in [0.2, 0.25) is 0 Å². The Hall–Kier alpha value is -1.29. The Bertz CT molecular complexity index is 304. The van der Waals surface area contributed by atoms with Crippen LogP contribution in [0, 0.1) is 5.53 Å². The van der Waals surface area contributed by atoms with Gasteiger partial charge in [-0.15, -0.1) is 5.11 Å². The summed E-state index contributed by atoms with van der Waals surface area (Å²) >= 11 is 5.57. The zero-order valence-corrected chi connectivity index (χ0v) is 7.21. The predicted molar refractivity (Wildman–Crippen MR) is 46.9 cm³/mol. The molecular formula is C7H7ClN4. The number of pyridine rings is 1. The van der Waals surface area contributed by atoms with Crippen molar-refractivity contribution in [2.24, 2.45) is 10.1 Å². The lowest BCUT2D eigenvalue weighted by Crippen LogP contribution is -1.95. The van der Waals surface area contributed by atoms with Gasteiger partial charge >= 0.3 is 0 Å². The van der Waals surface area contributed by atoms with Gasteiger partial charge in [0.25, 0.3) is 0 Å². The monoisotopic (exact) mass is 182 g/mol. The van der Waals surface area contributed by atoms with Gasteiger partial charge in [-0.05, 0) is 12.1 Å². The quantitative estimate of drug-likeness (QED) is 0.308. The van der Waals surface area contributed by atoms with Gasteiger partial charge in [-0.1, -0.05) is 11.6 Å². The summed E-state index contributed by atoms with van der Waals surface area (Å²) in [5.74, 6) is 0.346. The molecule has 0 atom stereocenters. The van der Waals surface area contributed by atoms with E-state index in [1.807, 2.05) is 0 Å². The van der Waals surface area contributed by atoms with E-state index in [0.717, 1.165) is 0 Å². The minimum Gasteiger partial charge on any atom is -0.268 e. The van der Waals surface area contributed by atoms with Gasteiger partial charge in [-0.2, -0.15) is 0 Å². The number of hydrogen-bond donors (Lipinski definition) is 1. The second-order valence-electron chi connectivity index (χ2n) is 2.03. The van der Waals surface area contributed by atoms with Crippen molar-refractivity contribution in [3.63, 3.8) is 0 Å². The molecule has 1 aromatic heterocycles. The fourth-order valence-corrected chi connectivity index (χ4v) is 0.864. The standard InChI is InChI=1S/C7H7ClN4/c1-10-7(12-9)5-2-3-6(8)11-4-5/h2-4,9H,1H3/b10-7-,12-9?. The fraction of sp³-hybridized carbons (Fsp3) is 0.143. The van der Waals surface area contributed by atoms with E-state index in [1.165, 1.54) is 6.20 Å². The average molecular weight is 183 g/mol. The zero-order chi connectivity index (χ0) is 8.97. The first-order chi connectivity index (χ1) is 5.77. The smallest absolute Gasteiger partial charge is 0.177 e. The van der Waals surface area contributed by atoms with Crippen molar-refractivity contribution in [1.29, 1.82) is 5.53 Å². The Balaban J connectivity index is 3.04. The number of hydrogen-bond acceptors (Lipinski definition) is 3. The number of nitrogens with zero attached hydrogens (tertiary/aromatic N) is 3. The molecular weight excluding hydrogens is 176 g/mol. The van der Waals surface area contributed by atoms with Crippen LogP contribution in [0.25, 0.3) is 0 Å². The summed E-state index contributed by atoms with van der Waals surface area (Å²) in [6.07, 6.45) is 1.53. The number of nitrogens with one attached hydrogen (secondary N) is 1. The van der Waals surface area contributed by atoms with Crippen LogP contribution in [0.15, 0.2) is 28.4 Å². The first-order valence-corrected chi connectivity index (χ1v) is 3.62. The van der Waals surface area contributed by atoms with Crippen LogP contribution in [-0.4, -0.2) is 17.9 Å². The second-order valence-corrected chi connectivity index (χ2v) is 2.42. The van der Waals surface area contributed by atoms with Gasteiger partial charge < -0.3 is 0 Å². The highest BCUT2D eigenvalue weighted by molar-refractivity contribution is 6.29. The Labute approximate surface area is 74.8 Å². The zero-order valence-electron chi connectivity index (χ0n) is 6.45. The van der Waals surface area contributed by atoms with E-state index in [0.29, 0.717) is 16.6 Å². The van der Waals surface area contributed by atoms with E-state index in [4.69, 9.17) is 17.1 Å². The summed E-state index contributed by atoms with van der Waals surface area (Å²) < 4.78 is 0. The van der Waals surface area contributed by atoms with E-state index in [9.17, 15) is 0 Å². The van der Waals surface area contributed by atoms with Gasteiger partial charge in [-0.25, -0.2) is 10.5 Å². The molecule has 0 aliphatic rings. The average Bonchev–Trinajstić information content (AvgIpc) is 2.10. The Morgan fingerprint density at radius 3 is 2.75 bits per heavy atom. The van der Waals surface area contributed by atoms with Crippen LogP contribution in [-0.2, 0) is 0 Å². The van der Waals surface area contributed by atoms with Crippen molar-refractivity contribution >= 4 is 17.4 Å². The van der Waals surface area contributed by atoms with E-state index < -0.39 is 0 Å². The summed E-state index contributed by atoms with van der Waals surface area (Å²) in [5.41, 5.74) is 7.48. The molecule has 0 radical (unpaired) electrons. The highest BCUT2D eigenvalue weighted by atomic mass is 35.5. The summed E-state index contributed by atoms with van der Waals surface area (Å²) in [6, 6.07) is 3.35. The maximum atomic E-state index is 6.78. The molecule has 1 heterocycles. The molecule has 62 valence electrons. The van der Waals surface area contributed by atoms with Crippen LogP contribution >= 0.6 is 11.6 Å². The van der Waals surface area contributed by atoms with Gasteiger partial charge in [-0.3, -0.25) is 4.99 Å². The SMILES string of the molecule is C/N=C(\N=N)c1ccc(Cl)nc1. The van der Waals surface area contributed by atoms with E-state index in [1.54, 1.807) is 19.2 Å². The third-order valence-electron chi connectivity index (χ3n) is 1.30. The molecule has 0 aliphatic heterocycles. The maximum absolute atomic E-state index is 6.78. The van der Waals surface area contributed by atoms with E-state index >= 15 is 0 Å². The van der Waals surface area contributed by atoms with Crippen molar-refractivity contribution < 1.29 is 0 Å². The number of aromatic nitrogens is 1. The molecule has 0 fully saturated rings. The predicted octanol–water partition coefficient (Wildman–Crippen LogP) is 2.14. The van der Waals surface area contributed by atoms with Crippen LogP contribution < -0.4 is 0 Å². The lowest BCUT2D eigenvalue weighted by atomic mass is 10.3. The largest absolute Gasteiger partial charge is 0.268 e. The van der Waals surface area contributed by atoms with Crippen LogP contribution in [0.2, 0.25) is 5.15 Å². The van der Waals surface area contributed by atoms with Gasteiger partial charge in [0.1, 0.15) is 5.15 Å². The van der Waals surface area contributed by atoms with Crippen LogP contribution in [0.4, 0.5) is 0 Å². The molecule has 0 spiro atoms. The second kappa shape index (κ2) is 3.92. The van der Waals surface area contributed by atoms with Crippen molar-refractivity contribution in [2.45, 2.75) is 0 Å². The molecule has 5 heteroatoms. The molecule has 0 aliphatic carbocycles. The molecule has 0 saturated heterocycles. The molecule has 0 saturated carbocycles. The molecule has 0 amide bonds. The molecule has 0 bridgehead atoms. The molecule has 1 N–H and O–H groups in total. The van der Waals surface area contributed by atoms with E-state index in [-0.39, 0.29) is 0 Å². The van der Waals surface area contributed by atoms with Gasteiger partial charge in [0.15, 0.2) is 5.84 Å². The van der Waals surface area contributed by atoms with Crippen LogP contribution in [0.3, 0.4) is 0 Å². The lowest BCUT2D eigenvalue weighted by Gasteiger charge is -1.96. The fourth-order valence-electron chi connectivity index (χ4n) is 0.752. The summed E-state index contributed by atoms with van der Waals surface area (Å²) in [7, 11) is 1.57. The molecule has 0 aromatic carbocycles. The third kappa shape index (κ3) is 1.85. The van der Waals surface area contributed by atoms with Crippen LogP contribution in [0.5, 0.6) is 0 Å². The first kappa shape index (κ1) is 8.80. The van der Waals surface area contributed by atoms with Gasteiger partial charge in [0, 0.05) is 18.8 Å². The molecule has 12 heavy (non-hydrogen) atoms. The lowest BCUT2D eigenvalue weighted by molar-refractivity contribution is 1.16. The number of halogens is 1. The number of rotatable bonds is 1. The normalized spacial score (nSPS) is 11.3. The third-order valence-corrected chi connectivity index (χ3v) is 1.53.